The van der Waals surface area contributed by atoms with Crippen LogP contribution in [0.4, 0.5) is 0 Å². The number of carbonyl (C=O) groups excluding carboxylic acids is 1. The van der Waals surface area contributed by atoms with Crippen molar-refractivity contribution < 1.29 is 20.1 Å². The van der Waals surface area contributed by atoms with Gasteiger partial charge < -0.3 is 20.6 Å². The van der Waals surface area contributed by atoms with Crippen molar-refractivity contribution in [1.29, 1.82) is 0 Å². The monoisotopic (exact) mass is 858 g/mol. The third-order valence-electron chi connectivity index (χ3n) is 12.7. The fraction of sp³-hybridized carbons (Fsp3) is 0.875. The van der Waals surface area contributed by atoms with Crippen LogP contribution in [0.3, 0.4) is 0 Å². The van der Waals surface area contributed by atoms with E-state index in [4.69, 9.17) is 0 Å². The minimum Gasteiger partial charge on any atom is -0.394 e. The Hall–Kier alpha value is -1.43. The van der Waals surface area contributed by atoms with E-state index in [2.05, 4.69) is 55.6 Å². The van der Waals surface area contributed by atoms with Gasteiger partial charge in [0, 0.05) is 6.42 Å². The highest BCUT2D eigenvalue weighted by Gasteiger charge is 2.26. The van der Waals surface area contributed by atoms with Gasteiger partial charge in [0.05, 0.1) is 18.8 Å². The molecule has 5 nitrogen and oxygen atoms in total. The number of hydrogen-bond acceptors (Lipinski definition) is 4. The highest BCUT2D eigenvalue weighted by atomic mass is 16.3. The molecule has 0 spiro atoms. The van der Waals surface area contributed by atoms with E-state index in [0.717, 1.165) is 44.9 Å². The fourth-order valence-electron chi connectivity index (χ4n) is 8.49. The second-order valence-electron chi connectivity index (χ2n) is 18.8. The SMILES string of the molecule is CCCCCCCCCCC/C=C\C/C=C\CCCCCCCCCCCCCCCCCC(=O)NC(CO)C(O)C(O)CCC/C=C/CCCCCCCCCCCCC. The standard InChI is InChI=1S/C56H107NO4/c1-3-5-7-9-11-13-15-17-19-21-22-23-24-25-26-27-28-29-30-31-32-33-34-35-37-39-41-43-45-47-49-51-55(60)57-53(52-58)56(61)54(59)50-48-46-44-42-40-38-36-20-18-16-14-12-10-8-6-4-2/h22-23,25-26,42,44,53-54,56,58-59,61H,3-21,24,27-41,43,45-52H2,1-2H3,(H,57,60)/b23-22-,26-25-,44-42+. The molecule has 0 aliphatic rings. The summed E-state index contributed by atoms with van der Waals surface area (Å²) in [5, 5.41) is 33.7. The van der Waals surface area contributed by atoms with Crippen molar-refractivity contribution in [3.05, 3.63) is 36.5 Å². The third kappa shape index (κ3) is 46.4. The summed E-state index contributed by atoms with van der Waals surface area (Å²) in [5.74, 6) is -0.152. The molecule has 360 valence electrons. The molecule has 0 fully saturated rings. The maximum Gasteiger partial charge on any atom is 0.220 e. The molecule has 0 aromatic heterocycles. The van der Waals surface area contributed by atoms with Crippen LogP contribution in [0.2, 0.25) is 0 Å². The maximum atomic E-state index is 12.5. The predicted molar refractivity (Wildman–Crippen MR) is 268 cm³/mol. The van der Waals surface area contributed by atoms with Gasteiger partial charge in [0.1, 0.15) is 6.10 Å². The number of amides is 1. The van der Waals surface area contributed by atoms with Crippen molar-refractivity contribution in [2.75, 3.05) is 6.61 Å². The molecule has 0 saturated carbocycles. The van der Waals surface area contributed by atoms with E-state index < -0.39 is 18.2 Å². The summed E-state index contributed by atoms with van der Waals surface area (Å²) in [6.45, 7) is 4.19. The van der Waals surface area contributed by atoms with Gasteiger partial charge in [-0.15, -0.1) is 0 Å². The van der Waals surface area contributed by atoms with Gasteiger partial charge in [0.2, 0.25) is 5.91 Å². The maximum absolute atomic E-state index is 12.5. The Bertz CT molecular complexity index is 947. The summed E-state index contributed by atoms with van der Waals surface area (Å²) >= 11 is 0. The van der Waals surface area contributed by atoms with Crippen molar-refractivity contribution in [3.8, 4) is 0 Å². The Balaban J connectivity index is 3.54. The molecule has 1 amide bonds. The predicted octanol–water partition coefficient (Wildman–Crippen LogP) is 16.7. The van der Waals surface area contributed by atoms with E-state index in [0.29, 0.717) is 12.8 Å². The molecule has 0 radical (unpaired) electrons. The first-order valence-corrected chi connectivity index (χ1v) is 27.3. The zero-order valence-corrected chi connectivity index (χ0v) is 41.1. The van der Waals surface area contributed by atoms with Crippen LogP contribution in [-0.4, -0.2) is 46.1 Å². The molecule has 3 unspecified atom stereocenters. The highest BCUT2D eigenvalue weighted by molar-refractivity contribution is 5.76. The molecule has 0 rings (SSSR count). The van der Waals surface area contributed by atoms with E-state index in [1.54, 1.807) is 0 Å². The van der Waals surface area contributed by atoms with Crippen LogP contribution in [0.1, 0.15) is 290 Å². The largest absolute Gasteiger partial charge is 0.394 e. The Morgan fingerprint density at radius 1 is 0.410 bits per heavy atom. The number of hydrogen-bond donors (Lipinski definition) is 4. The van der Waals surface area contributed by atoms with Crippen molar-refractivity contribution >= 4 is 5.91 Å². The molecule has 4 N–H and O–H groups in total. The number of allylic oxidation sites excluding steroid dienone is 6. The Labute approximate surface area is 381 Å². The molecule has 0 aliphatic heterocycles. The Morgan fingerprint density at radius 3 is 1.05 bits per heavy atom. The van der Waals surface area contributed by atoms with Gasteiger partial charge in [0.15, 0.2) is 0 Å². The molecule has 61 heavy (non-hydrogen) atoms. The van der Waals surface area contributed by atoms with Crippen LogP contribution in [0.15, 0.2) is 36.5 Å². The van der Waals surface area contributed by atoms with E-state index in [1.807, 2.05) is 0 Å². The van der Waals surface area contributed by atoms with Gasteiger partial charge in [-0.1, -0.05) is 249 Å². The molecule has 3 atom stereocenters. The minimum atomic E-state index is -1.16. The Kier molecular flexibility index (Phi) is 50.0. The molecule has 0 aromatic rings. The normalized spacial score (nSPS) is 13.6. The zero-order valence-electron chi connectivity index (χ0n) is 41.1. The molecule has 0 heterocycles. The second kappa shape index (κ2) is 51.2. The first kappa shape index (κ1) is 59.6. The van der Waals surface area contributed by atoms with Gasteiger partial charge in [-0.3, -0.25) is 4.79 Å². The lowest BCUT2D eigenvalue weighted by Gasteiger charge is -2.26. The summed E-state index contributed by atoms with van der Waals surface area (Å²) in [7, 11) is 0. The second-order valence-corrected chi connectivity index (χ2v) is 18.8. The van der Waals surface area contributed by atoms with Crippen LogP contribution >= 0.6 is 0 Å². The molecule has 0 aliphatic carbocycles. The number of aliphatic hydroxyl groups excluding tert-OH is 3. The van der Waals surface area contributed by atoms with Gasteiger partial charge in [-0.05, 0) is 70.6 Å². The highest BCUT2D eigenvalue weighted by Crippen LogP contribution is 2.17. The van der Waals surface area contributed by atoms with Crippen LogP contribution in [0.5, 0.6) is 0 Å². The van der Waals surface area contributed by atoms with Crippen LogP contribution in [0.25, 0.3) is 0 Å². The number of carbonyl (C=O) groups is 1. The quantitative estimate of drug-likeness (QED) is 0.0362. The van der Waals surface area contributed by atoms with Gasteiger partial charge in [0.25, 0.3) is 0 Å². The first-order valence-electron chi connectivity index (χ1n) is 27.3. The lowest BCUT2D eigenvalue weighted by atomic mass is 10.0. The van der Waals surface area contributed by atoms with E-state index >= 15 is 0 Å². The summed E-state index contributed by atoms with van der Waals surface area (Å²) < 4.78 is 0. The van der Waals surface area contributed by atoms with E-state index in [1.165, 1.54) is 218 Å². The molecule has 0 aromatic carbocycles. The Morgan fingerprint density at radius 2 is 0.705 bits per heavy atom. The van der Waals surface area contributed by atoms with Gasteiger partial charge >= 0.3 is 0 Å². The van der Waals surface area contributed by atoms with Gasteiger partial charge in [-0.2, -0.15) is 0 Å². The van der Waals surface area contributed by atoms with Crippen molar-refractivity contribution in [3.63, 3.8) is 0 Å². The topological polar surface area (TPSA) is 89.8 Å². The summed E-state index contributed by atoms with van der Waals surface area (Å²) in [6, 6.07) is -0.826. The average molecular weight is 858 g/mol. The molecular formula is C56H107NO4. The number of aliphatic hydroxyl groups is 3. The zero-order chi connectivity index (χ0) is 44.4. The van der Waals surface area contributed by atoms with Crippen LogP contribution in [-0.2, 0) is 4.79 Å². The minimum absolute atomic E-state index is 0.152. The fourth-order valence-corrected chi connectivity index (χ4v) is 8.49. The summed E-state index contributed by atoms with van der Waals surface area (Å²) in [4.78, 5) is 12.5. The lowest BCUT2D eigenvalue weighted by molar-refractivity contribution is -0.124. The summed E-state index contributed by atoms with van der Waals surface area (Å²) in [5.41, 5.74) is 0. The molecule has 0 bridgehead atoms. The van der Waals surface area contributed by atoms with E-state index in [-0.39, 0.29) is 12.5 Å². The van der Waals surface area contributed by atoms with Crippen LogP contribution < -0.4 is 5.32 Å². The number of nitrogens with one attached hydrogen (secondary N) is 1. The lowest BCUT2D eigenvalue weighted by Crippen LogP contribution is -2.50. The molecule has 0 saturated heterocycles. The molecule has 5 heteroatoms. The average Bonchev–Trinajstić information content (AvgIpc) is 3.26. The number of unbranched alkanes of at least 4 members (excludes halogenated alkanes) is 36. The van der Waals surface area contributed by atoms with Crippen molar-refractivity contribution in [1.82, 2.24) is 5.32 Å². The van der Waals surface area contributed by atoms with E-state index in [9.17, 15) is 20.1 Å². The summed E-state index contributed by atoms with van der Waals surface area (Å²) in [6.07, 6.45) is 65.8. The third-order valence-corrected chi connectivity index (χ3v) is 12.7. The molecular weight excluding hydrogens is 751 g/mol. The van der Waals surface area contributed by atoms with Crippen molar-refractivity contribution in [2.45, 2.75) is 308 Å². The van der Waals surface area contributed by atoms with Crippen LogP contribution in [0, 0.1) is 0 Å². The van der Waals surface area contributed by atoms with Gasteiger partial charge in [-0.25, -0.2) is 0 Å². The smallest absolute Gasteiger partial charge is 0.220 e. The first-order chi connectivity index (χ1) is 30.1. The number of rotatable bonds is 50. The van der Waals surface area contributed by atoms with Crippen molar-refractivity contribution in [2.24, 2.45) is 0 Å².